The summed E-state index contributed by atoms with van der Waals surface area (Å²) in [6.45, 7) is 0. The summed E-state index contributed by atoms with van der Waals surface area (Å²) >= 11 is 0. The van der Waals surface area contributed by atoms with Crippen molar-refractivity contribution in [2.45, 2.75) is 0 Å². The van der Waals surface area contributed by atoms with Gasteiger partial charge < -0.3 is 5.32 Å². The van der Waals surface area contributed by atoms with E-state index in [-0.39, 0.29) is 5.91 Å². The number of hydrogen-bond acceptors (Lipinski definition) is 2. The molecule has 1 aromatic carbocycles. The van der Waals surface area contributed by atoms with Crippen molar-refractivity contribution in [1.82, 2.24) is 0 Å². The highest BCUT2D eigenvalue weighted by Gasteiger charge is 1.94. The van der Waals surface area contributed by atoms with Gasteiger partial charge in [0.1, 0.15) is 0 Å². The molecule has 0 atom stereocenters. The van der Waals surface area contributed by atoms with Crippen LogP contribution >= 0.6 is 0 Å². The van der Waals surface area contributed by atoms with Crippen molar-refractivity contribution in [2.75, 3.05) is 12.4 Å². The van der Waals surface area contributed by atoms with Gasteiger partial charge in [-0.05, 0) is 12.1 Å². The van der Waals surface area contributed by atoms with Crippen LogP contribution in [-0.4, -0.2) is 19.2 Å². The van der Waals surface area contributed by atoms with Crippen LogP contribution in [0.5, 0.6) is 0 Å². The van der Waals surface area contributed by atoms with Crippen LogP contribution in [0.15, 0.2) is 35.3 Å². The van der Waals surface area contributed by atoms with Gasteiger partial charge in [-0.2, -0.15) is 0 Å². The predicted octanol–water partition coefficient (Wildman–Crippen LogP) is 1.33. The fourth-order valence-corrected chi connectivity index (χ4v) is 0.813. The minimum Gasteiger partial charge on any atom is -0.321 e. The molecule has 0 saturated carbocycles. The minimum absolute atomic E-state index is 0.205. The molecule has 0 fully saturated rings. The van der Waals surface area contributed by atoms with Crippen molar-refractivity contribution in [1.29, 1.82) is 0 Å². The number of nitrogens with one attached hydrogen (secondary N) is 1. The smallest absolute Gasteiger partial charge is 0.266 e. The first-order valence-electron chi connectivity index (χ1n) is 3.61. The summed E-state index contributed by atoms with van der Waals surface area (Å²) in [5, 5.41) is 2.65. The topological polar surface area (TPSA) is 41.5 Å². The number of amides is 1. The van der Waals surface area contributed by atoms with Crippen LogP contribution in [0.4, 0.5) is 5.69 Å². The number of carbonyl (C=O) groups excluding carboxylic acids is 1. The van der Waals surface area contributed by atoms with Crippen molar-refractivity contribution in [3.05, 3.63) is 30.3 Å². The molecule has 0 spiro atoms. The van der Waals surface area contributed by atoms with E-state index in [9.17, 15) is 4.79 Å². The molecule has 1 rings (SSSR count). The molecule has 3 nitrogen and oxygen atoms in total. The SMILES string of the molecule is CN=CC(=O)Nc1ccccc1. The summed E-state index contributed by atoms with van der Waals surface area (Å²) in [6, 6.07) is 9.25. The van der Waals surface area contributed by atoms with Crippen LogP contribution in [0.25, 0.3) is 0 Å². The molecule has 0 bridgehead atoms. The van der Waals surface area contributed by atoms with Crippen LogP contribution in [-0.2, 0) is 4.79 Å². The Kier molecular flexibility index (Phi) is 3.02. The summed E-state index contributed by atoms with van der Waals surface area (Å²) in [4.78, 5) is 14.5. The Morgan fingerprint density at radius 3 is 2.67 bits per heavy atom. The third-order valence-electron chi connectivity index (χ3n) is 1.29. The van der Waals surface area contributed by atoms with E-state index >= 15 is 0 Å². The Bertz CT molecular complexity index is 280. The largest absolute Gasteiger partial charge is 0.321 e. The second kappa shape index (κ2) is 4.28. The standard InChI is InChI=1S/C9H10N2O/c1-10-7-9(12)11-8-5-3-2-4-6-8/h2-7H,1H3,(H,11,12). The van der Waals surface area contributed by atoms with Gasteiger partial charge >= 0.3 is 0 Å². The molecule has 0 heterocycles. The van der Waals surface area contributed by atoms with Gasteiger partial charge in [-0.3, -0.25) is 9.79 Å². The highest BCUT2D eigenvalue weighted by atomic mass is 16.1. The minimum atomic E-state index is -0.205. The normalized spacial score (nSPS) is 10.1. The molecule has 62 valence electrons. The molecule has 12 heavy (non-hydrogen) atoms. The number of nitrogens with zero attached hydrogens (tertiary/aromatic N) is 1. The lowest BCUT2D eigenvalue weighted by Gasteiger charge is -1.98. The molecule has 0 aliphatic rings. The van der Waals surface area contributed by atoms with Crippen LogP contribution in [0.1, 0.15) is 0 Å². The first-order valence-corrected chi connectivity index (χ1v) is 3.61. The highest BCUT2D eigenvalue weighted by Crippen LogP contribution is 2.03. The summed E-state index contributed by atoms with van der Waals surface area (Å²) in [5.41, 5.74) is 0.780. The Morgan fingerprint density at radius 1 is 1.42 bits per heavy atom. The first kappa shape index (κ1) is 8.46. The number of anilines is 1. The molecular formula is C9H10N2O. The van der Waals surface area contributed by atoms with E-state index in [1.165, 1.54) is 6.21 Å². The summed E-state index contributed by atoms with van der Waals surface area (Å²) in [7, 11) is 1.56. The predicted molar refractivity (Wildman–Crippen MR) is 49.5 cm³/mol. The second-order valence-corrected chi connectivity index (χ2v) is 2.24. The van der Waals surface area contributed by atoms with E-state index in [1.54, 1.807) is 7.05 Å². The third kappa shape index (κ3) is 2.54. The maximum absolute atomic E-state index is 11.0. The number of rotatable bonds is 2. The maximum Gasteiger partial charge on any atom is 0.266 e. The van der Waals surface area contributed by atoms with E-state index in [1.807, 2.05) is 30.3 Å². The lowest BCUT2D eigenvalue weighted by atomic mass is 10.3. The van der Waals surface area contributed by atoms with Gasteiger partial charge in [0.15, 0.2) is 0 Å². The Labute approximate surface area is 71.1 Å². The molecule has 0 saturated heterocycles. The van der Waals surface area contributed by atoms with E-state index in [0.29, 0.717) is 0 Å². The molecule has 3 heteroatoms. The van der Waals surface area contributed by atoms with Gasteiger partial charge in [-0.25, -0.2) is 0 Å². The van der Waals surface area contributed by atoms with Gasteiger partial charge in [0.05, 0.1) is 6.21 Å². The van der Waals surface area contributed by atoms with Crippen molar-refractivity contribution < 1.29 is 4.79 Å². The lowest BCUT2D eigenvalue weighted by Crippen LogP contribution is -2.12. The van der Waals surface area contributed by atoms with Crippen LogP contribution in [0.2, 0.25) is 0 Å². The van der Waals surface area contributed by atoms with Crippen molar-refractivity contribution >= 4 is 17.8 Å². The van der Waals surface area contributed by atoms with Crippen LogP contribution < -0.4 is 5.32 Å². The maximum atomic E-state index is 11.0. The zero-order valence-corrected chi connectivity index (χ0v) is 6.82. The van der Waals surface area contributed by atoms with Crippen LogP contribution in [0.3, 0.4) is 0 Å². The summed E-state index contributed by atoms with van der Waals surface area (Å²) in [6.07, 6.45) is 1.24. The van der Waals surface area contributed by atoms with Crippen LogP contribution in [0, 0.1) is 0 Å². The molecule has 1 N–H and O–H groups in total. The number of carbonyl (C=O) groups is 1. The average molecular weight is 162 g/mol. The molecule has 0 aliphatic heterocycles. The molecule has 1 amide bonds. The Balaban J connectivity index is 2.59. The van der Waals surface area contributed by atoms with E-state index in [4.69, 9.17) is 0 Å². The molecular weight excluding hydrogens is 152 g/mol. The fraction of sp³-hybridized carbons (Fsp3) is 0.111. The average Bonchev–Trinajstić information content (AvgIpc) is 2.06. The van der Waals surface area contributed by atoms with Crippen molar-refractivity contribution in [3.63, 3.8) is 0 Å². The monoisotopic (exact) mass is 162 g/mol. The molecule has 0 radical (unpaired) electrons. The number of aliphatic imine (C=N–C) groups is 1. The zero-order chi connectivity index (χ0) is 8.81. The quantitative estimate of drug-likeness (QED) is 0.655. The third-order valence-corrected chi connectivity index (χ3v) is 1.29. The van der Waals surface area contributed by atoms with Crippen molar-refractivity contribution in [3.8, 4) is 0 Å². The number of benzene rings is 1. The Hall–Kier alpha value is -1.64. The first-order chi connectivity index (χ1) is 5.83. The second-order valence-electron chi connectivity index (χ2n) is 2.24. The lowest BCUT2D eigenvalue weighted by molar-refractivity contribution is -0.109. The van der Waals surface area contributed by atoms with E-state index in [2.05, 4.69) is 10.3 Å². The van der Waals surface area contributed by atoms with Crippen molar-refractivity contribution in [2.24, 2.45) is 4.99 Å². The van der Waals surface area contributed by atoms with E-state index < -0.39 is 0 Å². The zero-order valence-electron chi connectivity index (χ0n) is 6.82. The number of para-hydroxylation sites is 1. The van der Waals surface area contributed by atoms with Gasteiger partial charge in [0, 0.05) is 12.7 Å². The number of hydrogen-bond donors (Lipinski definition) is 1. The van der Waals surface area contributed by atoms with Gasteiger partial charge in [-0.1, -0.05) is 18.2 Å². The summed E-state index contributed by atoms with van der Waals surface area (Å²) < 4.78 is 0. The summed E-state index contributed by atoms with van der Waals surface area (Å²) in [5.74, 6) is -0.205. The highest BCUT2D eigenvalue weighted by molar-refractivity contribution is 6.31. The molecule has 0 unspecified atom stereocenters. The Morgan fingerprint density at radius 2 is 2.08 bits per heavy atom. The fourth-order valence-electron chi connectivity index (χ4n) is 0.813. The molecule has 0 aromatic heterocycles. The van der Waals surface area contributed by atoms with Gasteiger partial charge in [-0.15, -0.1) is 0 Å². The molecule has 0 aliphatic carbocycles. The van der Waals surface area contributed by atoms with Gasteiger partial charge in [0.25, 0.3) is 5.91 Å². The molecule has 1 aromatic rings. The van der Waals surface area contributed by atoms with E-state index in [0.717, 1.165) is 5.69 Å². The van der Waals surface area contributed by atoms with Gasteiger partial charge in [0.2, 0.25) is 0 Å².